The number of rotatable bonds is 4. The van der Waals surface area contributed by atoms with Crippen molar-refractivity contribution < 1.29 is 19.1 Å². The Morgan fingerprint density at radius 3 is 2.26 bits per heavy atom. The molecule has 1 aromatic heterocycles. The van der Waals surface area contributed by atoms with E-state index < -0.39 is 17.8 Å². The monoisotopic (exact) mass is 343 g/mol. The molecular formula is C15H22ClN3O4. The second-order valence-electron chi connectivity index (χ2n) is 6.40. The van der Waals surface area contributed by atoms with Crippen LogP contribution in [0, 0.1) is 5.92 Å². The summed E-state index contributed by atoms with van der Waals surface area (Å²) in [7, 11) is 0. The van der Waals surface area contributed by atoms with Crippen LogP contribution in [0.3, 0.4) is 0 Å². The number of carbonyl (C=O) groups excluding carboxylic acids is 2. The van der Waals surface area contributed by atoms with Gasteiger partial charge in [-0.3, -0.25) is 0 Å². The summed E-state index contributed by atoms with van der Waals surface area (Å²) in [6.07, 6.45) is 1.30. The average molecular weight is 344 g/mol. The van der Waals surface area contributed by atoms with Crippen molar-refractivity contribution >= 4 is 23.8 Å². The molecule has 128 valence electrons. The van der Waals surface area contributed by atoms with Gasteiger partial charge in [-0.25, -0.2) is 24.5 Å². The number of nitrogens with zero attached hydrogens (tertiary/aromatic N) is 3. The predicted molar refractivity (Wildman–Crippen MR) is 85.0 cm³/mol. The summed E-state index contributed by atoms with van der Waals surface area (Å²) >= 11 is 5.63. The molecule has 1 heterocycles. The maximum atomic E-state index is 12.3. The van der Waals surface area contributed by atoms with Gasteiger partial charge in [0.25, 0.3) is 0 Å². The van der Waals surface area contributed by atoms with E-state index in [4.69, 9.17) is 21.1 Å². The van der Waals surface area contributed by atoms with Crippen LogP contribution in [0.15, 0.2) is 12.4 Å². The first-order chi connectivity index (χ1) is 10.6. The van der Waals surface area contributed by atoms with Crippen LogP contribution >= 0.6 is 11.6 Å². The first-order valence-electron chi connectivity index (χ1n) is 7.22. The Balaban J connectivity index is 2.88. The van der Waals surface area contributed by atoms with Crippen LogP contribution < -0.4 is 0 Å². The van der Waals surface area contributed by atoms with Crippen molar-refractivity contribution in [3.63, 3.8) is 0 Å². The highest BCUT2D eigenvalue weighted by atomic mass is 35.5. The molecule has 23 heavy (non-hydrogen) atoms. The van der Waals surface area contributed by atoms with E-state index >= 15 is 0 Å². The third-order valence-electron chi connectivity index (χ3n) is 2.39. The fourth-order valence-corrected chi connectivity index (χ4v) is 1.54. The highest BCUT2D eigenvalue weighted by Crippen LogP contribution is 2.14. The fraction of sp³-hybridized carbons (Fsp3) is 0.600. The lowest BCUT2D eigenvalue weighted by molar-refractivity contribution is 0.0189. The van der Waals surface area contributed by atoms with E-state index in [1.807, 2.05) is 13.8 Å². The number of imide groups is 1. The second-order valence-corrected chi connectivity index (χ2v) is 6.74. The van der Waals surface area contributed by atoms with Gasteiger partial charge in [-0.2, -0.15) is 0 Å². The van der Waals surface area contributed by atoms with Gasteiger partial charge in [-0.05, 0) is 38.3 Å². The third kappa shape index (κ3) is 7.27. The molecule has 0 unspecified atom stereocenters. The van der Waals surface area contributed by atoms with Gasteiger partial charge in [0.05, 0.1) is 13.2 Å². The Morgan fingerprint density at radius 1 is 1.22 bits per heavy atom. The topological polar surface area (TPSA) is 81.6 Å². The van der Waals surface area contributed by atoms with Crippen molar-refractivity contribution in [2.24, 2.45) is 5.92 Å². The van der Waals surface area contributed by atoms with E-state index in [-0.39, 0.29) is 24.4 Å². The molecule has 7 nitrogen and oxygen atoms in total. The highest BCUT2D eigenvalue weighted by Gasteiger charge is 2.29. The van der Waals surface area contributed by atoms with Gasteiger partial charge in [0.1, 0.15) is 5.60 Å². The standard InChI is InChI=1S/C15H22ClN3O4/c1-10(2)9-22-13(20)19(14(21)23-15(3,4)5)8-11-6-17-12(16)18-7-11/h6-7,10H,8-9H2,1-5H3. The van der Waals surface area contributed by atoms with Gasteiger partial charge in [-0.15, -0.1) is 0 Å². The zero-order valence-electron chi connectivity index (χ0n) is 14.0. The van der Waals surface area contributed by atoms with Gasteiger partial charge >= 0.3 is 12.2 Å². The van der Waals surface area contributed by atoms with Crippen molar-refractivity contribution in [2.45, 2.75) is 46.8 Å². The third-order valence-corrected chi connectivity index (χ3v) is 2.58. The lowest BCUT2D eigenvalue weighted by Crippen LogP contribution is -2.41. The summed E-state index contributed by atoms with van der Waals surface area (Å²) in [5, 5.41) is 0.0833. The predicted octanol–water partition coefficient (Wildman–Crippen LogP) is 3.66. The summed E-state index contributed by atoms with van der Waals surface area (Å²) in [5.74, 6) is 0.151. The molecule has 1 rings (SSSR count). The number of halogens is 1. The van der Waals surface area contributed by atoms with Crippen LogP contribution in [0.25, 0.3) is 0 Å². The number of aromatic nitrogens is 2. The Bertz CT molecular complexity index is 541. The van der Waals surface area contributed by atoms with E-state index in [0.717, 1.165) is 4.90 Å². The first-order valence-corrected chi connectivity index (χ1v) is 7.60. The molecular weight excluding hydrogens is 322 g/mol. The summed E-state index contributed by atoms with van der Waals surface area (Å²) in [6.45, 7) is 9.09. The number of hydrogen-bond acceptors (Lipinski definition) is 6. The van der Waals surface area contributed by atoms with Gasteiger partial charge in [0.2, 0.25) is 5.28 Å². The van der Waals surface area contributed by atoms with Crippen LogP contribution in [-0.2, 0) is 16.0 Å². The molecule has 0 saturated carbocycles. The van der Waals surface area contributed by atoms with Crippen LogP contribution in [0.2, 0.25) is 5.28 Å². The summed E-state index contributed by atoms with van der Waals surface area (Å²) in [5.41, 5.74) is -0.203. The lowest BCUT2D eigenvalue weighted by Gasteiger charge is -2.25. The molecule has 0 radical (unpaired) electrons. The lowest BCUT2D eigenvalue weighted by atomic mass is 10.2. The maximum absolute atomic E-state index is 12.3. The van der Waals surface area contributed by atoms with Crippen molar-refractivity contribution in [3.8, 4) is 0 Å². The van der Waals surface area contributed by atoms with E-state index in [1.54, 1.807) is 20.8 Å². The maximum Gasteiger partial charge on any atom is 0.420 e. The zero-order valence-corrected chi connectivity index (χ0v) is 14.8. The first kappa shape index (κ1) is 19.2. The van der Waals surface area contributed by atoms with Crippen LogP contribution in [0.1, 0.15) is 40.2 Å². The number of ether oxygens (including phenoxy) is 2. The normalized spacial score (nSPS) is 11.3. The highest BCUT2D eigenvalue weighted by molar-refractivity contribution is 6.28. The Morgan fingerprint density at radius 2 is 1.78 bits per heavy atom. The molecule has 0 bridgehead atoms. The van der Waals surface area contributed by atoms with E-state index in [1.165, 1.54) is 12.4 Å². The average Bonchev–Trinajstić information content (AvgIpc) is 2.42. The molecule has 0 aliphatic rings. The second kappa shape index (κ2) is 8.10. The quantitative estimate of drug-likeness (QED) is 0.776. The van der Waals surface area contributed by atoms with Crippen LogP contribution in [-0.4, -0.2) is 39.3 Å². The molecule has 0 spiro atoms. The SMILES string of the molecule is CC(C)COC(=O)N(Cc1cnc(Cl)nc1)C(=O)OC(C)(C)C. The molecule has 8 heteroatoms. The van der Waals surface area contributed by atoms with Crippen LogP contribution in [0.4, 0.5) is 9.59 Å². The molecule has 0 N–H and O–H groups in total. The zero-order chi connectivity index (χ0) is 17.6. The van der Waals surface area contributed by atoms with E-state index in [0.29, 0.717) is 5.56 Å². The van der Waals surface area contributed by atoms with E-state index in [2.05, 4.69) is 9.97 Å². The van der Waals surface area contributed by atoms with Gasteiger partial charge < -0.3 is 9.47 Å². The largest absolute Gasteiger partial charge is 0.449 e. The summed E-state index contributed by atoms with van der Waals surface area (Å²) in [4.78, 5) is 33.0. The van der Waals surface area contributed by atoms with Gasteiger partial charge in [0.15, 0.2) is 0 Å². The molecule has 0 atom stereocenters. The minimum Gasteiger partial charge on any atom is -0.449 e. The number of amides is 2. The van der Waals surface area contributed by atoms with Crippen LogP contribution in [0.5, 0.6) is 0 Å². The molecule has 0 aliphatic carbocycles. The minimum absolute atomic E-state index is 0.0665. The Labute approximate surface area is 140 Å². The smallest absolute Gasteiger partial charge is 0.420 e. The molecule has 0 aromatic carbocycles. The fourth-order valence-electron chi connectivity index (χ4n) is 1.44. The molecule has 0 aliphatic heterocycles. The summed E-state index contributed by atoms with van der Waals surface area (Å²) < 4.78 is 10.4. The molecule has 0 saturated heterocycles. The van der Waals surface area contributed by atoms with E-state index in [9.17, 15) is 9.59 Å². The van der Waals surface area contributed by atoms with Gasteiger partial charge in [0, 0.05) is 18.0 Å². The Hall–Kier alpha value is -1.89. The molecule has 0 fully saturated rings. The number of hydrogen-bond donors (Lipinski definition) is 0. The van der Waals surface area contributed by atoms with Crippen molar-refractivity contribution in [1.82, 2.24) is 14.9 Å². The summed E-state index contributed by atoms with van der Waals surface area (Å²) in [6, 6.07) is 0. The van der Waals surface area contributed by atoms with Crippen molar-refractivity contribution in [1.29, 1.82) is 0 Å². The van der Waals surface area contributed by atoms with Crippen molar-refractivity contribution in [3.05, 3.63) is 23.2 Å². The van der Waals surface area contributed by atoms with Crippen molar-refractivity contribution in [2.75, 3.05) is 6.61 Å². The minimum atomic E-state index is -0.791. The molecule has 1 aromatic rings. The molecule has 2 amide bonds. The Kier molecular flexibility index (Phi) is 6.75. The number of carbonyl (C=O) groups is 2. The van der Waals surface area contributed by atoms with Gasteiger partial charge in [-0.1, -0.05) is 13.8 Å².